The molecular weight excluding hydrogens is 1050 g/mol. The Balaban J connectivity index is 0.933. The van der Waals surface area contributed by atoms with Crippen molar-refractivity contribution in [3.8, 4) is 28.7 Å². The molecule has 1 spiro atoms. The highest BCUT2D eigenvalue weighted by Crippen LogP contribution is 2.72. The number of piperidine rings is 1. The molecule has 444 valence electrons. The molecule has 0 aromatic heterocycles. The number of nitrogens with one attached hydrogen (secondary N) is 5. The number of benzene rings is 4. The van der Waals surface area contributed by atoms with Gasteiger partial charge >= 0.3 is 11.9 Å². The van der Waals surface area contributed by atoms with Crippen LogP contribution >= 0.6 is 0 Å². The van der Waals surface area contributed by atoms with Crippen LogP contribution in [0.5, 0.6) is 5.75 Å². The molecule has 6 heterocycles. The van der Waals surface area contributed by atoms with Crippen LogP contribution in [-0.2, 0) is 45.0 Å². The molecular formula is C74H87N5O6. The van der Waals surface area contributed by atoms with Gasteiger partial charge in [0, 0.05) is 60.8 Å². The fourth-order valence-electron chi connectivity index (χ4n) is 18.5. The Morgan fingerprint density at radius 3 is 2.59 bits per heavy atom. The van der Waals surface area contributed by atoms with Crippen LogP contribution in [0.15, 0.2) is 125 Å². The molecule has 6 aliphatic carbocycles. The van der Waals surface area contributed by atoms with Crippen LogP contribution in [0.4, 0.5) is 0 Å². The summed E-state index contributed by atoms with van der Waals surface area (Å²) in [4.78, 5) is 30.7. The maximum Gasteiger partial charge on any atom is 0.340 e. The molecule has 16 bridgehead atoms. The molecule has 0 amide bonds. The summed E-state index contributed by atoms with van der Waals surface area (Å²) in [6, 6.07) is 30.4. The Morgan fingerprint density at radius 1 is 0.847 bits per heavy atom. The molecule has 11 nitrogen and oxygen atoms in total. The van der Waals surface area contributed by atoms with Gasteiger partial charge in [-0.15, -0.1) is 0 Å². The van der Waals surface area contributed by atoms with E-state index in [9.17, 15) is 10.2 Å². The second-order valence-electron chi connectivity index (χ2n) is 27.4. The van der Waals surface area contributed by atoms with Gasteiger partial charge in [0.05, 0.1) is 23.3 Å². The minimum Gasteiger partial charge on any atom is -0.508 e. The van der Waals surface area contributed by atoms with Crippen molar-refractivity contribution in [1.29, 1.82) is 0 Å². The Labute approximate surface area is 503 Å². The van der Waals surface area contributed by atoms with E-state index in [1.54, 1.807) is 6.07 Å². The topological polar surface area (TPSA) is 153 Å². The first-order valence-electron chi connectivity index (χ1n) is 32.7. The summed E-state index contributed by atoms with van der Waals surface area (Å²) in [5.41, 5.74) is 12.6. The second-order valence-corrected chi connectivity index (χ2v) is 27.4. The van der Waals surface area contributed by atoms with Crippen molar-refractivity contribution in [3.05, 3.63) is 164 Å². The molecule has 7 N–H and O–H groups in total. The molecule has 5 fully saturated rings. The second kappa shape index (κ2) is 23.5. The van der Waals surface area contributed by atoms with Crippen LogP contribution in [0.25, 0.3) is 16.7 Å². The Kier molecular flexibility index (Phi) is 15.7. The number of rotatable bonds is 9. The maximum absolute atomic E-state index is 15.4. The van der Waals surface area contributed by atoms with E-state index in [-0.39, 0.29) is 64.9 Å². The van der Waals surface area contributed by atoms with E-state index in [1.807, 2.05) is 19.1 Å². The molecule has 6 aliphatic heterocycles. The van der Waals surface area contributed by atoms with Gasteiger partial charge in [0.2, 0.25) is 0 Å². The van der Waals surface area contributed by atoms with Crippen molar-refractivity contribution >= 4 is 17.5 Å². The van der Waals surface area contributed by atoms with Crippen molar-refractivity contribution in [3.63, 3.8) is 0 Å². The third-order valence-electron chi connectivity index (χ3n) is 22.5. The first kappa shape index (κ1) is 56.7. The van der Waals surface area contributed by atoms with Gasteiger partial charge in [-0.1, -0.05) is 85.5 Å². The van der Waals surface area contributed by atoms with Crippen LogP contribution in [-0.4, -0.2) is 67.1 Å². The lowest BCUT2D eigenvalue weighted by Gasteiger charge is -2.56. The minimum absolute atomic E-state index is 0.00444. The Morgan fingerprint density at radius 2 is 1.73 bits per heavy atom. The summed E-state index contributed by atoms with van der Waals surface area (Å²) in [6.45, 7) is 7.71. The monoisotopic (exact) mass is 1140 g/mol. The summed E-state index contributed by atoms with van der Waals surface area (Å²) < 4.78 is 13.5. The number of carbonyl (C=O) groups excluding carboxylic acids is 2. The zero-order chi connectivity index (χ0) is 58.0. The van der Waals surface area contributed by atoms with Gasteiger partial charge in [-0.3, -0.25) is 0 Å². The van der Waals surface area contributed by atoms with E-state index in [0.29, 0.717) is 60.9 Å². The van der Waals surface area contributed by atoms with Crippen molar-refractivity contribution < 1.29 is 29.3 Å². The molecule has 0 radical (unpaired) electrons. The van der Waals surface area contributed by atoms with E-state index in [4.69, 9.17) is 9.47 Å². The molecule has 16 rings (SSSR count). The predicted molar refractivity (Wildman–Crippen MR) is 333 cm³/mol. The number of aliphatic hydroxyl groups excluding tert-OH is 1. The zero-order valence-corrected chi connectivity index (χ0v) is 50.2. The molecule has 4 aromatic rings. The van der Waals surface area contributed by atoms with Gasteiger partial charge < -0.3 is 46.3 Å². The maximum atomic E-state index is 15.4. The van der Waals surface area contributed by atoms with Crippen molar-refractivity contribution in [2.75, 3.05) is 26.7 Å². The van der Waals surface area contributed by atoms with Gasteiger partial charge in [0.1, 0.15) is 17.3 Å². The van der Waals surface area contributed by atoms with Crippen molar-refractivity contribution in [2.45, 2.75) is 160 Å². The lowest BCUT2D eigenvalue weighted by molar-refractivity contribution is -0.135. The number of cyclic esters (lactones) is 1. The van der Waals surface area contributed by atoms with Crippen LogP contribution in [0, 0.1) is 64.1 Å². The van der Waals surface area contributed by atoms with Gasteiger partial charge in [-0.05, 0) is 251 Å². The quantitative estimate of drug-likeness (QED) is 0.0633. The molecule has 3 saturated carbocycles. The number of fused-ring (bicyclic) bond motifs is 8. The largest absolute Gasteiger partial charge is 0.508 e. The smallest absolute Gasteiger partial charge is 0.340 e. The summed E-state index contributed by atoms with van der Waals surface area (Å²) in [5.74, 6) is 9.53. The molecule has 0 unspecified atom stereocenters. The molecule has 4 aromatic carbocycles. The Bertz CT molecular complexity index is 3460. The van der Waals surface area contributed by atoms with E-state index in [1.165, 1.54) is 41.5 Å². The number of hydrogen-bond donors (Lipinski definition) is 7. The number of carbonyl (C=O) groups is 2. The molecule has 2 saturated heterocycles. The highest BCUT2D eigenvalue weighted by Gasteiger charge is 2.69. The molecule has 85 heavy (non-hydrogen) atoms. The lowest BCUT2D eigenvalue weighted by atomic mass is 9.44. The zero-order valence-electron chi connectivity index (χ0n) is 50.2. The molecule has 12 aliphatic rings. The lowest BCUT2D eigenvalue weighted by Crippen LogP contribution is -2.52. The third-order valence-corrected chi connectivity index (χ3v) is 22.5. The first-order valence-corrected chi connectivity index (χ1v) is 32.7. The van der Waals surface area contributed by atoms with Crippen LogP contribution in [0.3, 0.4) is 0 Å². The number of phenols is 1. The third kappa shape index (κ3) is 10.5. The van der Waals surface area contributed by atoms with Crippen LogP contribution in [0.1, 0.15) is 155 Å². The number of esters is 2. The number of aliphatic hydroxyl groups is 1. The number of phenolic OH excluding ortho intramolecular Hbond substituents is 1. The van der Waals surface area contributed by atoms with Crippen LogP contribution < -0.4 is 26.6 Å². The molecule has 11 heteroatoms. The van der Waals surface area contributed by atoms with Gasteiger partial charge in [0.25, 0.3) is 0 Å². The highest BCUT2D eigenvalue weighted by atomic mass is 16.6. The number of hydrogen-bond acceptors (Lipinski definition) is 11. The summed E-state index contributed by atoms with van der Waals surface area (Å²) in [5, 5.41) is 41.8. The van der Waals surface area contributed by atoms with Crippen molar-refractivity contribution in [1.82, 2.24) is 26.6 Å². The average Bonchev–Trinajstić information content (AvgIpc) is 1.64. The summed E-state index contributed by atoms with van der Waals surface area (Å²) in [6.07, 6.45) is 20.3. The number of ether oxygens (including phenoxy) is 2. The summed E-state index contributed by atoms with van der Waals surface area (Å²) in [7, 11) is 2.07. The number of allylic oxidation sites excluding steroid dienone is 5. The van der Waals surface area contributed by atoms with Gasteiger partial charge in [0.15, 0.2) is 0 Å². The molecule has 13 atom stereocenters. The van der Waals surface area contributed by atoms with E-state index in [2.05, 4.69) is 131 Å². The predicted octanol–water partition coefficient (Wildman–Crippen LogP) is 11.8. The minimum atomic E-state index is -0.898. The highest BCUT2D eigenvalue weighted by molar-refractivity contribution is 6.07. The van der Waals surface area contributed by atoms with Gasteiger partial charge in [-0.25, -0.2) is 9.59 Å². The fraction of sp³-hybridized carbons (Fsp3) is 0.514. The van der Waals surface area contributed by atoms with Crippen LogP contribution in [0.2, 0.25) is 0 Å². The van der Waals surface area contributed by atoms with E-state index < -0.39 is 11.5 Å². The van der Waals surface area contributed by atoms with E-state index in [0.717, 1.165) is 141 Å². The SMILES string of the molecule is CC[C@H](/C=C1\OC(=O)C2=C3c4cc(O)ccc4-c4cccc(c4)CNCCc4cc(cc5c4C#CC[C@H]4CC[C@H](C4)NC5)[C@@H](NC[C@H](C)O)[C@@H]4CC[C@]([C@@H]5CCN[C@@H](NC)C5)(CC=C5OC(=O)C6=C5CC[C@H]5[C@H]3CC[C@@]21[C@@H]65)C4)Cc1ccccc1. The standard InChI is InChI=1S/C74H87N5O6/c1-4-45(32-46-10-6-5-7-11-46)35-64-74-29-23-59-60-20-21-61-63(84-71(82)67(61)68(60)74)24-28-73(54-26-31-77-65(38-54)75-3)27-22-51(40-73)70(79-41-44(2)80)52-36-50(57-15-9-12-47-16-17-55(34-47)78-43-53(57)37-52)25-30-76-42-48-13-8-14-49(33-48)58-19-18-56(81)39-62(58)66(59)69(74)72(83)85-64/h5-8,10-11,13-14,18-19,24,33,35-37,39,44-45,47,51,54-55,59-60,65,68,70,75-81H,4,12,16-17,20-23,25-32,34,38,40-43H2,1-3H3/b63-24?,64-35-/t44-,45-,47-,51+,54+,55+,59+,60-,65+,68+,70-,73-,74+/m0/s1. The first-order chi connectivity index (χ1) is 41.5. The fourth-order valence-corrected chi connectivity index (χ4v) is 18.5. The normalized spacial score (nSPS) is 32.5. The number of aromatic hydroxyl groups is 1. The Hall–Kier alpha value is -6.10. The summed E-state index contributed by atoms with van der Waals surface area (Å²) >= 11 is 0. The van der Waals surface area contributed by atoms with E-state index >= 15 is 9.59 Å². The van der Waals surface area contributed by atoms with Gasteiger partial charge in [-0.2, -0.15) is 0 Å². The van der Waals surface area contributed by atoms with Crippen molar-refractivity contribution in [2.24, 2.45) is 52.3 Å². The average molecular weight is 1140 g/mol.